The van der Waals surface area contributed by atoms with Gasteiger partial charge in [0, 0.05) is 5.25 Å². The van der Waals surface area contributed by atoms with Crippen molar-refractivity contribution in [3.63, 3.8) is 0 Å². The maximum absolute atomic E-state index is 11.8. The first kappa shape index (κ1) is 16.2. The molecule has 1 unspecified atom stereocenters. The van der Waals surface area contributed by atoms with Crippen molar-refractivity contribution >= 4 is 50.0 Å². The van der Waals surface area contributed by atoms with Gasteiger partial charge >= 0.3 is 5.97 Å². The molecule has 21 heavy (non-hydrogen) atoms. The molecule has 0 saturated carbocycles. The molecule has 0 aliphatic carbocycles. The molecule has 1 aromatic heterocycles. The number of nitrogens with one attached hydrogen (secondary N) is 1. The molecule has 0 spiro atoms. The number of aromatic carboxylic acids is 1. The highest BCUT2D eigenvalue weighted by Gasteiger charge is 2.28. The summed E-state index contributed by atoms with van der Waals surface area (Å²) in [4.78, 5) is 22.9. The molecule has 7 nitrogen and oxygen atoms in total. The van der Waals surface area contributed by atoms with Crippen molar-refractivity contribution in [1.82, 2.24) is 4.37 Å². The Morgan fingerprint density at radius 3 is 2.81 bits per heavy atom. The maximum Gasteiger partial charge on any atom is 0.340 e. The van der Waals surface area contributed by atoms with Crippen LogP contribution in [0.1, 0.15) is 22.5 Å². The fraction of sp³-hybridized carbons (Fsp3) is 0.545. The zero-order chi connectivity index (χ0) is 15.6. The van der Waals surface area contributed by atoms with E-state index in [0.717, 1.165) is 11.5 Å². The minimum absolute atomic E-state index is 0.00166. The average molecular weight is 350 g/mol. The van der Waals surface area contributed by atoms with Gasteiger partial charge < -0.3 is 10.4 Å². The Kier molecular flexibility index (Phi) is 4.89. The molecule has 1 aliphatic heterocycles. The van der Waals surface area contributed by atoms with Gasteiger partial charge in [-0.25, -0.2) is 13.2 Å². The second-order valence-corrected chi connectivity index (χ2v) is 8.95. The molecular formula is C11H14N2O5S3. The first-order valence-corrected chi connectivity index (χ1v) is 9.74. The van der Waals surface area contributed by atoms with Crippen molar-refractivity contribution in [2.75, 3.05) is 22.6 Å². The van der Waals surface area contributed by atoms with E-state index in [1.807, 2.05) is 0 Å². The number of thioether (sulfide) groups is 1. The van der Waals surface area contributed by atoms with Crippen LogP contribution >= 0.6 is 23.3 Å². The topological polar surface area (TPSA) is 113 Å². The number of carboxylic acids is 1. The molecule has 0 bridgehead atoms. The highest BCUT2D eigenvalue weighted by atomic mass is 32.2. The highest BCUT2D eigenvalue weighted by molar-refractivity contribution is 8.02. The van der Waals surface area contributed by atoms with E-state index in [9.17, 15) is 18.0 Å². The third kappa shape index (κ3) is 4.17. The van der Waals surface area contributed by atoms with Gasteiger partial charge in [-0.3, -0.25) is 4.79 Å². The van der Waals surface area contributed by atoms with E-state index < -0.39 is 15.8 Å². The maximum atomic E-state index is 11.8. The van der Waals surface area contributed by atoms with Crippen molar-refractivity contribution in [1.29, 1.82) is 0 Å². The number of aromatic nitrogens is 1. The van der Waals surface area contributed by atoms with E-state index in [2.05, 4.69) is 9.69 Å². The van der Waals surface area contributed by atoms with Gasteiger partial charge in [0.05, 0.1) is 23.0 Å². The first-order valence-electron chi connectivity index (χ1n) is 6.10. The van der Waals surface area contributed by atoms with Gasteiger partial charge in [-0.1, -0.05) is 0 Å². The van der Waals surface area contributed by atoms with Gasteiger partial charge in [0.25, 0.3) is 0 Å². The van der Waals surface area contributed by atoms with Gasteiger partial charge in [-0.15, -0.1) is 11.8 Å². The Labute approximate surface area is 130 Å². The van der Waals surface area contributed by atoms with Crippen LogP contribution in [0.4, 0.5) is 5.00 Å². The van der Waals surface area contributed by atoms with Crippen molar-refractivity contribution in [2.45, 2.75) is 18.6 Å². The second kappa shape index (κ2) is 6.32. The van der Waals surface area contributed by atoms with Crippen molar-refractivity contribution < 1.29 is 23.1 Å². The normalized spacial score (nSPS) is 20.3. The monoisotopic (exact) mass is 350 g/mol. The lowest BCUT2D eigenvalue weighted by atomic mass is 10.2. The summed E-state index contributed by atoms with van der Waals surface area (Å²) in [6.07, 6.45) is 0.556. The largest absolute Gasteiger partial charge is 0.478 e. The molecular weight excluding hydrogens is 336 g/mol. The van der Waals surface area contributed by atoms with Crippen LogP contribution in [0.25, 0.3) is 0 Å². The van der Waals surface area contributed by atoms with Crippen LogP contribution in [0.3, 0.4) is 0 Å². The Morgan fingerprint density at radius 2 is 2.24 bits per heavy atom. The number of hydrogen-bond acceptors (Lipinski definition) is 7. The number of rotatable bonds is 5. The third-order valence-electron chi connectivity index (χ3n) is 2.97. The smallest absolute Gasteiger partial charge is 0.340 e. The number of sulfone groups is 1. The number of amides is 1. The van der Waals surface area contributed by atoms with E-state index in [0.29, 0.717) is 12.1 Å². The number of anilines is 1. The van der Waals surface area contributed by atoms with E-state index >= 15 is 0 Å². The summed E-state index contributed by atoms with van der Waals surface area (Å²) in [7, 11) is -2.96. The van der Waals surface area contributed by atoms with Crippen LogP contribution in [-0.2, 0) is 14.6 Å². The third-order valence-corrected chi connectivity index (χ3v) is 7.11. The molecule has 1 fully saturated rings. The zero-order valence-electron chi connectivity index (χ0n) is 11.2. The minimum atomic E-state index is -2.96. The van der Waals surface area contributed by atoms with Crippen LogP contribution < -0.4 is 5.32 Å². The Bertz CT molecular complexity index is 667. The molecule has 10 heteroatoms. The molecule has 0 radical (unpaired) electrons. The first-order chi connectivity index (χ1) is 9.78. The quantitative estimate of drug-likeness (QED) is 0.814. The van der Waals surface area contributed by atoms with Crippen molar-refractivity contribution in [2.24, 2.45) is 0 Å². The summed E-state index contributed by atoms with van der Waals surface area (Å²) in [6.45, 7) is 1.56. The van der Waals surface area contributed by atoms with Gasteiger partial charge in [-0.2, -0.15) is 4.37 Å². The summed E-state index contributed by atoms with van der Waals surface area (Å²) in [5.74, 6) is -1.12. The number of carbonyl (C=O) groups excluding carboxylic acids is 1. The zero-order valence-corrected chi connectivity index (χ0v) is 13.6. The fourth-order valence-electron chi connectivity index (χ4n) is 1.96. The number of nitrogens with zero attached hydrogens (tertiary/aromatic N) is 1. The number of hydrogen-bond donors (Lipinski definition) is 2. The van der Waals surface area contributed by atoms with E-state index in [4.69, 9.17) is 5.11 Å². The molecule has 1 atom stereocenters. The summed E-state index contributed by atoms with van der Waals surface area (Å²) in [5, 5.41) is 11.7. The lowest BCUT2D eigenvalue weighted by Crippen LogP contribution is -2.18. The molecule has 1 aliphatic rings. The van der Waals surface area contributed by atoms with E-state index in [-0.39, 0.29) is 39.0 Å². The van der Waals surface area contributed by atoms with Gasteiger partial charge in [0.15, 0.2) is 9.84 Å². The van der Waals surface area contributed by atoms with E-state index in [1.165, 1.54) is 11.8 Å². The van der Waals surface area contributed by atoms with Crippen LogP contribution in [0.15, 0.2) is 0 Å². The summed E-state index contributed by atoms with van der Waals surface area (Å²) < 4.78 is 26.5. The Morgan fingerprint density at radius 1 is 1.52 bits per heavy atom. The lowest BCUT2D eigenvalue weighted by Gasteiger charge is -2.07. The molecule has 116 valence electrons. The molecule has 2 N–H and O–H groups in total. The lowest BCUT2D eigenvalue weighted by molar-refractivity contribution is -0.113. The fourth-order valence-corrected chi connectivity index (χ4v) is 6.20. The average Bonchev–Trinajstić information content (AvgIpc) is 2.90. The molecule has 2 heterocycles. The standard InChI is InChI=1S/C11H14N2O5S3/c1-6-9(11(15)16)10(20-13-6)12-8(14)4-19-7-2-3-21(17,18)5-7/h7H,2-5H2,1H3,(H,12,14)(H,15,16). The second-order valence-electron chi connectivity index (χ2n) is 4.66. The molecule has 1 amide bonds. The van der Waals surface area contributed by atoms with Crippen molar-refractivity contribution in [3.05, 3.63) is 11.3 Å². The summed E-state index contributed by atoms with van der Waals surface area (Å²) in [6, 6.07) is 0. The molecule has 0 aromatic carbocycles. The molecule has 1 saturated heterocycles. The van der Waals surface area contributed by atoms with Crippen LogP contribution in [-0.4, -0.2) is 52.3 Å². The Hall–Kier alpha value is -1.13. The SMILES string of the molecule is Cc1nsc(NC(=O)CSC2CCS(=O)(=O)C2)c1C(=O)O. The number of aryl methyl sites for hydroxylation is 1. The van der Waals surface area contributed by atoms with Gasteiger partial charge in [-0.05, 0) is 24.9 Å². The molecule has 2 rings (SSSR count). The van der Waals surface area contributed by atoms with Gasteiger partial charge in [0.2, 0.25) is 5.91 Å². The van der Waals surface area contributed by atoms with Gasteiger partial charge in [0.1, 0.15) is 10.6 Å². The molecule has 1 aromatic rings. The number of carbonyl (C=O) groups is 2. The summed E-state index contributed by atoms with van der Waals surface area (Å²) in [5.41, 5.74) is 0.360. The van der Waals surface area contributed by atoms with E-state index in [1.54, 1.807) is 6.92 Å². The van der Waals surface area contributed by atoms with Crippen LogP contribution in [0.2, 0.25) is 0 Å². The summed E-state index contributed by atoms with van der Waals surface area (Å²) >= 11 is 2.20. The highest BCUT2D eigenvalue weighted by Crippen LogP contribution is 2.26. The minimum Gasteiger partial charge on any atom is -0.478 e. The Balaban J connectivity index is 1.90. The van der Waals surface area contributed by atoms with Crippen LogP contribution in [0.5, 0.6) is 0 Å². The number of carboxylic acid groups (broad SMARTS) is 1. The predicted octanol–water partition coefficient (Wildman–Crippen LogP) is 1.01. The predicted molar refractivity (Wildman–Crippen MR) is 82.0 cm³/mol. The van der Waals surface area contributed by atoms with Crippen molar-refractivity contribution in [3.8, 4) is 0 Å². The van der Waals surface area contributed by atoms with Crippen LogP contribution in [0, 0.1) is 6.92 Å².